The summed E-state index contributed by atoms with van der Waals surface area (Å²) in [6.07, 6.45) is 2.06. The molecule has 0 bridgehead atoms. The molecule has 0 aliphatic rings. The van der Waals surface area contributed by atoms with Crippen molar-refractivity contribution < 1.29 is 4.79 Å². The van der Waals surface area contributed by atoms with Gasteiger partial charge in [0.15, 0.2) is 0 Å². The van der Waals surface area contributed by atoms with Crippen LogP contribution < -0.4 is 0 Å². The fourth-order valence-corrected chi connectivity index (χ4v) is 3.04. The topological polar surface area (TPSA) is 17.1 Å². The van der Waals surface area contributed by atoms with Crippen LogP contribution in [-0.2, 0) is 0 Å². The Morgan fingerprint density at radius 2 is 1.63 bits per heavy atom. The van der Waals surface area contributed by atoms with E-state index in [-0.39, 0.29) is 10.4 Å². The largest absolute Gasteiger partial charge is 0.282 e. The van der Waals surface area contributed by atoms with Crippen molar-refractivity contribution in [2.75, 3.05) is 6.26 Å². The molecule has 0 aromatic heterocycles. The Bertz CT molecular complexity index is 534. The third-order valence-corrected chi connectivity index (χ3v) is 4.70. The normalized spacial score (nSPS) is 12.1. The lowest BCUT2D eigenvalue weighted by Crippen LogP contribution is -1.97. The van der Waals surface area contributed by atoms with Crippen LogP contribution in [0.4, 0.5) is 0 Å². The lowest BCUT2D eigenvalue weighted by molar-refractivity contribution is 0.108. The van der Waals surface area contributed by atoms with Gasteiger partial charge in [0, 0.05) is 15.7 Å². The number of hydrogen-bond acceptors (Lipinski definition) is 3. The molecule has 2 rings (SSSR count). The first-order chi connectivity index (χ1) is 9.20. The zero-order valence-corrected chi connectivity index (χ0v) is 12.6. The number of carbonyl (C=O) groups excluding carboxylic acids is 1. The summed E-state index contributed by atoms with van der Waals surface area (Å²) in [5.74, 6) is 0. The van der Waals surface area contributed by atoms with Crippen LogP contribution >= 0.6 is 23.5 Å². The molecule has 0 spiro atoms. The van der Waals surface area contributed by atoms with Gasteiger partial charge in [-0.05, 0) is 30.9 Å². The van der Waals surface area contributed by atoms with Gasteiger partial charge in [-0.15, -0.1) is 11.8 Å². The van der Waals surface area contributed by atoms with E-state index in [1.807, 2.05) is 30.3 Å². The molecule has 0 N–H and O–H groups in total. The number of thioether (sulfide) groups is 2. The van der Waals surface area contributed by atoms with E-state index < -0.39 is 0 Å². The molecule has 0 heterocycles. The molecule has 1 nitrogen and oxygen atoms in total. The number of hydrogen-bond donors (Lipinski definition) is 0. The zero-order valence-electron chi connectivity index (χ0n) is 11.0. The monoisotopic (exact) mass is 288 g/mol. The van der Waals surface area contributed by atoms with Crippen LogP contribution in [0.25, 0.3) is 0 Å². The molecule has 98 valence electrons. The quantitative estimate of drug-likeness (QED) is 0.733. The first kappa shape index (κ1) is 14.2. The van der Waals surface area contributed by atoms with Gasteiger partial charge in [0.05, 0.1) is 0 Å². The molecule has 3 heteroatoms. The average molecular weight is 288 g/mol. The predicted octanol–water partition coefficient (Wildman–Crippen LogP) is 5.04. The van der Waals surface area contributed by atoms with Gasteiger partial charge < -0.3 is 0 Å². The highest BCUT2D eigenvalue weighted by Crippen LogP contribution is 2.31. The molecule has 0 radical (unpaired) electrons. The third-order valence-electron chi connectivity index (χ3n) is 2.88. The summed E-state index contributed by atoms with van der Waals surface area (Å²) < 4.78 is 0. The van der Waals surface area contributed by atoms with Gasteiger partial charge in [-0.2, -0.15) is 0 Å². The minimum atomic E-state index is 0.127. The van der Waals surface area contributed by atoms with Crippen molar-refractivity contribution in [3.63, 3.8) is 0 Å². The Kier molecular flexibility index (Phi) is 5.11. The molecular formula is C16H16OS2. The van der Waals surface area contributed by atoms with E-state index in [0.717, 1.165) is 5.56 Å². The minimum absolute atomic E-state index is 0.127. The van der Waals surface area contributed by atoms with Crippen molar-refractivity contribution in [3.8, 4) is 0 Å². The van der Waals surface area contributed by atoms with Crippen LogP contribution in [0.3, 0.4) is 0 Å². The summed E-state index contributed by atoms with van der Waals surface area (Å²) in [6.45, 7) is 2.07. The van der Waals surface area contributed by atoms with E-state index in [0.29, 0.717) is 0 Å². The van der Waals surface area contributed by atoms with E-state index in [2.05, 4.69) is 37.4 Å². The summed E-state index contributed by atoms with van der Waals surface area (Å²) in [5, 5.41) is 0.297. The number of carbonyl (C=O) groups is 1. The maximum absolute atomic E-state index is 12.1. The Morgan fingerprint density at radius 3 is 2.21 bits per heavy atom. The van der Waals surface area contributed by atoms with Crippen molar-refractivity contribution in [2.45, 2.75) is 17.1 Å². The molecule has 0 saturated carbocycles. The molecule has 19 heavy (non-hydrogen) atoms. The van der Waals surface area contributed by atoms with Crippen molar-refractivity contribution in [1.82, 2.24) is 0 Å². The Labute approximate surface area is 122 Å². The van der Waals surface area contributed by atoms with E-state index >= 15 is 0 Å². The van der Waals surface area contributed by atoms with Crippen LogP contribution in [0.1, 0.15) is 28.1 Å². The first-order valence-electron chi connectivity index (χ1n) is 6.10. The minimum Gasteiger partial charge on any atom is -0.282 e. The van der Waals surface area contributed by atoms with Crippen LogP contribution in [0.5, 0.6) is 0 Å². The van der Waals surface area contributed by atoms with Crippen LogP contribution in [0.2, 0.25) is 0 Å². The molecule has 0 aliphatic carbocycles. The Morgan fingerprint density at radius 1 is 1.00 bits per heavy atom. The van der Waals surface area contributed by atoms with Gasteiger partial charge in [-0.1, -0.05) is 54.2 Å². The van der Waals surface area contributed by atoms with Gasteiger partial charge >= 0.3 is 0 Å². The summed E-state index contributed by atoms with van der Waals surface area (Å²) in [6, 6.07) is 17.8. The summed E-state index contributed by atoms with van der Waals surface area (Å²) in [4.78, 5) is 13.4. The average Bonchev–Trinajstić information content (AvgIpc) is 2.48. The van der Waals surface area contributed by atoms with E-state index in [1.165, 1.54) is 22.2 Å². The number of benzene rings is 2. The molecule has 0 fully saturated rings. The van der Waals surface area contributed by atoms with E-state index in [9.17, 15) is 4.79 Å². The second-order valence-corrected chi connectivity index (χ2v) is 6.38. The zero-order chi connectivity index (χ0) is 13.7. The van der Waals surface area contributed by atoms with Gasteiger partial charge in [-0.3, -0.25) is 4.79 Å². The predicted molar refractivity (Wildman–Crippen MR) is 85.0 cm³/mol. The van der Waals surface area contributed by atoms with Gasteiger partial charge in [0.25, 0.3) is 0 Å². The lowest BCUT2D eigenvalue weighted by atomic mass is 10.2. The second-order valence-electron chi connectivity index (χ2n) is 4.19. The Hall–Kier alpha value is -1.19. The van der Waals surface area contributed by atoms with Crippen molar-refractivity contribution >= 4 is 28.6 Å². The smallest absolute Gasteiger partial charge is 0.219 e. The summed E-state index contributed by atoms with van der Waals surface area (Å²) in [5.41, 5.74) is 1.95. The van der Waals surface area contributed by atoms with Crippen LogP contribution in [0.15, 0.2) is 59.5 Å². The first-order valence-corrected chi connectivity index (χ1v) is 8.21. The van der Waals surface area contributed by atoms with Crippen LogP contribution in [-0.4, -0.2) is 11.4 Å². The highest BCUT2D eigenvalue weighted by molar-refractivity contribution is 8.14. The lowest BCUT2D eigenvalue weighted by Gasteiger charge is -2.11. The molecule has 2 aromatic rings. The maximum Gasteiger partial charge on any atom is 0.219 e. The molecule has 1 atom stereocenters. The standard InChI is InChI=1S/C16H16OS2/c1-12(13-8-10-15(18-2)11-9-13)19-16(17)14-6-4-3-5-7-14/h3-12H,1-2H3. The molecule has 0 amide bonds. The van der Waals surface area contributed by atoms with Crippen molar-refractivity contribution in [1.29, 1.82) is 0 Å². The van der Waals surface area contributed by atoms with Gasteiger partial charge in [-0.25, -0.2) is 0 Å². The second kappa shape index (κ2) is 6.83. The molecule has 2 aromatic carbocycles. The van der Waals surface area contributed by atoms with Crippen molar-refractivity contribution in [3.05, 3.63) is 65.7 Å². The fourth-order valence-electron chi connectivity index (χ4n) is 1.75. The SMILES string of the molecule is CSc1ccc(C(C)SC(=O)c2ccccc2)cc1. The molecule has 0 aliphatic heterocycles. The molecule has 1 unspecified atom stereocenters. The summed E-state index contributed by atoms with van der Waals surface area (Å²) >= 11 is 3.10. The third kappa shape index (κ3) is 3.88. The number of rotatable bonds is 4. The van der Waals surface area contributed by atoms with Crippen LogP contribution in [0, 0.1) is 0 Å². The summed E-state index contributed by atoms with van der Waals surface area (Å²) in [7, 11) is 0. The van der Waals surface area contributed by atoms with E-state index in [1.54, 1.807) is 11.8 Å². The highest BCUT2D eigenvalue weighted by Gasteiger charge is 2.13. The highest BCUT2D eigenvalue weighted by atomic mass is 32.2. The molecular weight excluding hydrogens is 272 g/mol. The van der Waals surface area contributed by atoms with E-state index in [4.69, 9.17) is 0 Å². The molecule has 0 saturated heterocycles. The van der Waals surface area contributed by atoms with Gasteiger partial charge in [0.2, 0.25) is 5.12 Å². The maximum atomic E-state index is 12.1. The Balaban J connectivity index is 2.04. The van der Waals surface area contributed by atoms with Crippen molar-refractivity contribution in [2.24, 2.45) is 0 Å². The van der Waals surface area contributed by atoms with Gasteiger partial charge in [0.1, 0.15) is 0 Å². The fraction of sp³-hybridized carbons (Fsp3) is 0.188.